The van der Waals surface area contributed by atoms with E-state index in [0.717, 1.165) is 28.5 Å². The molecule has 0 aliphatic heterocycles. The zero-order valence-corrected chi connectivity index (χ0v) is 18.3. The van der Waals surface area contributed by atoms with Crippen LogP contribution in [0, 0.1) is 0 Å². The zero-order chi connectivity index (χ0) is 22.6. The summed E-state index contributed by atoms with van der Waals surface area (Å²) in [5.41, 5.74) is 3.16. The van der Waals surface area contributed by atoms with Gasteiger partial charge in [-0.25, -0.2) is 15.0 Å². The first-order valence-electron chi connectivity index (χ1n) is 10.7. The van der Waals surface area contributed by atoms with Crippen LogP contribution in [0.3, 0.4) is 0 Å². The first-order chi connectivity index (χ1) is 16.2. The predicted octanol–water partition coefficient (Wildman–Crippen LogP) is 6.08. The van der Waals surface area contributed by atoms with Gasteiger partial charge in [0, 0.05) is 17.9 Å². The lowest BCUT2D eigenvalue weighted by Gasteiger charge is -2.13. The monoisotopic (exact) mass is 437 g/mol. The fourth-order valence-corrected chi connectivity index (χ4v) is 3.51. The van der Waals surface area contributed by atoms with Crippen molar-refractivity contribution in [2.45, 2.75) is 19.9 Å². The quantitative estimate of drug-likeness (QED) is 0.319. The van der Waals surface area contributed by atoms with Crippen LogP contribution in [0.4, 0.5) is 23.1 Å². The summed E-state index contributed by atoms with van der Waals surface area (Å²) >= 11 is 0. The van der Waals surface area contributed by atoms with Crippen molar-refractivity contribution in [2.75, 3.05) is 10.6 Å². The van der Waals surface area contributed by atoms with Gasteiger partial charge in [0.25, 0.3) is 0 Å². The van der Waals surface area contributed by atoms with Crippen molar-refractivity contribution in [2.24, 2.45) is 0 Å². The first kappa shape index (κ1) is 20.4. The number of pyridine rings is 1. The van der Waals surface area contributed by atoms with E-state index in [1.165, 1.54) is 0 Å². The second kappa shape index (κ2) is 8.96. The molecule has 2 N–H and O–H groups in total. The van der Waals surface area contributed by atoms with Gasteiger partial charge in [0.05, 0.1) is 11.9 Å². The van der Waals surface area contributed by atoms with Crippen LogP contribution in [-0.4, -0.2) is 24.5 Å². The molecule has 0 saturated heterocycles. The molecule has 0 radical (unpaired) electrons. The standard InChI is InChI=1S/C25H23N7O/c1-17(2)32-24-22(31-25(32)30-19-7-6-14-26-15-19)23(27-16-28-24)29-18-10-12-21(13-11-18)33-20-8-4-3-5-9-20/h3-17H,1-2H3,(H,30,31)(H,27,28,29). The highest BCUT2D eigenvalue weighted by molar-refractivity contribution is 5.87. The van der Waals surface area contributed by atoms with Gasteiger partial charge in [-0.05, 0) is 62.4 Å². The summed E-state index contributed by atoms with van der Waals surface area (Å²) in [7, 11) is 0. The average molecular weight is 438 g/mol. The summed E-state index contributed by atoms with van der Waals surface area (Å²) in [5, 5.41) is 6.70. The van der Waals surface area contributed by atoms with E-state index < -0.39 is 0 Å². The van der Waals surface area contributed by atoms with Crippen molar-refractivity contribution in [3.05, 3.63) is 85.5 Å². The first-order valence-corrected chi connectivity index (χ1v) is 10.7. The zero-order valence-electron chi connectivity index (χ0n) is 18.3. The number of anilines is 4. The Hall–Kier alpha value is -4.46. The van der Waals surface area contributed by atoms with Crippen LogP contribution in [0.1, 0.15) is 19.9 Å². The average Bonchev–Trinajstić information content (AvgIpc) is 3.21. The highest BCUT2D eigenvalue weighted by Crippen LogP contribution is 2.30. The third-order valence-corrected chi connectivity index (χ3v) is 5.01. The van der Waals surface area contributed by atoms with E-state index in [9.17, 15) is 0 Å². The van der Waals surface area contributed by atoms with Crippen molar-refractivity contribution in [3.63, 3.8) is 0 Å². The van der Waals surface area contributed by atoms with E-state index >= 15 is 0 Å². The Morgan fingerprint density at radius 3 is 2.33 bits per heavy atom. The maximum Gasteiger partial charge on any atom is 0.210 e. The molecule has 0 amide bonds. The maximum absolute atomic E-state index is 5.87. The van der Waals surface area contributed by atoms with E-state index in [2.05, 4.69) is 39.4 Å². The topological polar surface area (TPSA) is 89.8 Å². The summed E-state index contributed by atoms with van der Waals surface area (Å²) in [4.78, 5) is 17.9. The lowest BCUT2D eigenvalue weighted by Crippen LogP contribution is -2.07. The van der Waals surface area contributed by atoms with Gasteiger partial charge in [-0.1, -0.05) is 18.2 Å². The molecular weight excluding hydrogens is 414 g/mol. The van der Waals surface area contributed by atoms with Gasteiger partial charge in [0.2, 0.25) is 5.95 Å². The van der Waals surface area contributed by atoms with Gasteiger partial charge in [0.1, 0.15) is 17.8 Å². The van der Waals surface area contributed by atoms with Crippen molar-refractivity contribution in [1.29, 1.82) is 0 Å². The summed E-state index contributed by atoms with van der Waals surface area (Å²) < 4.78 is 7.92. The number of imidazole rings is 1. The van der Waals surface area contributed by atoms with Crippen molar-refractivity contribution in [3.8, 4) is 11.5 Å². The minimum absolute atomic E-state index is 0.145. The fourth-order valence-electron chi connectivity index (χ4n) is 3.51. The van der Waals surface area contributed by atoms with Crippen molar-refractivity contribution in [1.82, 2.24) is 24.5 Å². The lowest BCUT2D eigenvalue weighted by atomic mass is 10.3. The number of ether oxygens (including phenoxy) is 1. The molecule has 0 spiro atoms. The normalized spacial score (nSPS) is 11.0. The number of fused-ring (bicyclic) bond motifs is 1. The third kappa shape index (κ3) is 4.45. The molecule has 5 rings (SSSR count). The number of aromatic nitrogens is 5. The molecule has 0 bridgehead atoms. The SMILES string of the molecule is CC(C)n1c(Nc2cccnc2)nc2c(Nc3ccc(Oc4ccccc4)cc3)ncnc21. The number of hydrogen-bond acceptors (Lipinski definition) is 7. The van der Waals surface area contributed by atoms with Gasteiger partial charge in [-0.3, -0.25) is 9.55 Å². The van der Waals surface area contributed by atoms with Crippen LogP contribution in [0.15, 0.2) is 85.5 Å². The number of hydrogen-bond donors (Lipinski definition) is 2. The van der Waals surface area contributed by atoms with Crippen LogP contribution >= 0.6 is 0 Å². The van der Waals surface area contributed by atoms with E-state index in [1.807, 2.05) is 71.3 Å². The molecule has 3 heterocycles. The number of para-hydroxylation sites is 1. The van der Waals surface area contributed by atoms with E-state index in [0.29, 0.717) is 17.3 Å². The molecule has 5 aromatic rings. The molecule has 0 aliphatic rings. The second-order valence-corrected chi connectivity index (χ2v) is 7.72. The van der Waals surface area contributed by atoms with E-state index in [4.69, 9.17) is 9.72 Å². The molecule has 0 aliphatic carbocycles. The second-order valence-electron chi connectivity index (χ2n) is 7.72. The highest BCUT2D eigenvalue weighted by atomic mass is 16.5. The fraction of sp³-hybridized carbons (Fsp3) is 0.120. The molecule has 33 heavy (non-hydrogen) atoms. The molecular formula is C25H23N7O. The molecule has 0 saturated carbocycles. The van der Waals surface area contributed by atoms with Gasteiger partial charge in [0.15, 0.2) is 17.0 Å². The molecule has 164 valence electrons. The molecule has 0 atom stereocenters. The Kier molecular flexibility index (Phi) is 5.55. The van der Waals surface area contributed by atoms with Gasteiger partial charge in [-0.2, -0.15) is 0 Å². The molecule has 8 heteroatoms. The predicted molar refractivity (Wildman–Crippen MR) is 129 cm³/mol. The Morgan fingerprint density at radius 1 is 0.818 bits per heavy atom. The Balaban J connectivity index is 1.43. The largest absolute Gasteiger partial charge is 0.457 e. The molecule has 3 aromatic heterocycles. The van der Waals surface area contributed by atoms with Gasteiger partial charge < -0.3 is 15.4 Å². The van der Waals surface area contributed by atoms with Crippen molar-refractivity contribution >= 4 is 34.3 Å². The van der Waals surface area contributed by atoms with Crippen LogP contribution in [0.5, 0.6) is 11.5 Å². The highest BCUT2D eigenvalue weighted by Gasteiger charge is 2.18. The van der Waals surface area contributed by atoms with E-state index in [-0.39, 0.29) is 6.04 Å². The summed E-state index contributed by atoms with van der Waals surface area (Å²) in [6, 6.07) is 21.4. The van der Waals surface area contributed by atoms with Crippen LogP contribution in [0.25, 0.3) is 11.2 Å². The van der Waals surface area contributed by atoms with Crippen LogP contribution < -0.4 is 15.4 Å². The molecule has 8 nitrogen and oxygen atoms in total. The third-order valence-electron chi connectivity index (χ3n) is 5.01. The Bertz CT molecular complexity index is 1350. The van der Waals surface area contributed by atoms with Crippen LogP contribution in [-0.2, 0) is 0 Å². The van der Waals surface area contributed by atoms with Crippen molar-refractivity contribution < 1.29 is 4.74 Å². The molecule has 0 unspecified atom stereocenters. The smallest absolute Gasteiger partial charge is 0.210 e. The number of nitrogens with zero attached hydrogens (tertiary/aromatic N) is 5. The molecule has 2 aromatic carbocycles. The minimum atomic E-state index is 0.145. The summed E-state index contributed by atoms with van der Waals surface area (Å²) in [6.45, 7) is 4.19. The number of benzene rings is 2. The minimum Gasteiger partial charge on any atom is -0.457 e. The summed E-state index contributed by atoms with van der Waals surface area (Å²) in [5.74, 6) is 2.86. The Morgan fingerprint density at radius 2 is 1.61 bits per heavy atom. The Labute approximate surface area is 191 Å². The lowest BCUT2D eigenvalue weighted by molar-refractivity contribution is 0.483. The molecule has 0 fully saturated rings. The maximum atomic E-state index is 5.87. The van der Waals surface area contributed by atoms with Gasteiger partial charge in [-0.15, -0.1) is 0 Å². The number of rotatable bonds is 7. The number of nitrogens with one attached hydrogen (secondary N) is 2. The summed E-state index contributed by atoms with van der Waals surface area (Å²) in [6.07, 6.45) is 5.04. The van der Waals surface area contributed by atoms with E-state index in [1.54, 1.807) is 18.7 Å². The van der Waals surface area contributed by atoms with Gasteiger partial charge >= 0.3 is 0 Å². The van der Waals surface area contributed by atoms with Crippen LogP contribution in [0.2, 0.25) is 0 Å².